The first-order valence-corrected chi connectivity index (χ1v) is 4.34. The van der Waals surface area contributed by atoms with Gasteiger partial charge in [-0.2, -0.15) is 0 Å². The molecule has 0 heterocycles. The highest BCUT2D eigenvalue weighted by Gasteiger charge is 2.07. The molecule has 0 aliphatic heterocycles. The molecule has 0 atom stereocenters. The fraction of sp³-hybridized carbons (Fsp3) is 0.100. The van der Waals surface area contributed by atoms with Crippen molar-refractivity contribution in [3.05, 3.63) is 41.1 Å². The quantitative estimate of drug-likeness (QED) is 0.619. The Hall–Kier alpha value is -1.48. The molecule has 1 aromatic carbocycles. The lowest BCUT2D eigenvalue weighted by Gasteiger charge is -2.04. The van der Waals surface area contributed by atoms with E-state index in [4.69, 9.17) is 21.4 Å². The van der Waals surface area contributed by atoms with E-state index in [1.54, 1.807) is 31.2 Å². The maximum Gasteiger partial charge on any atom is 0.371 e. The zero-order valence-corrected chi connectivity index (χ0v) is 8.28. The molecule has 0 aliphatic rings. The number of carbonyl (C=O) groups is 1. The summed E-state index contributed by atoms with van der Waals surface area (Å²) in [5.41, 5.74) is 0. The van der Waals surface area contributed by atoms with Crippen molar-refractivity contribution in [1.29, 1.82) is 0 Å². The van der Waals surface area contributed by atoms with E-state index in [9.17, 15) is 4.79 Å². The molecular weight excluding hydrogens is 204 g/mol. The fourth-order valence-corrected chi connectivity index (χ4v) is 0.982. The zero-order valence-electron chi connectivity index (χ0n) is 7.53. The van der Waals surface area contributed by atoms with Crippen LogP contribution in [0.4, 0.5) is 0 Å². The smallest absolute Gasteiger partial charge is 0.371 e. The van der Waals surface area contributed by atoms with Crippen LogP contribution in [-0.4, -0.2) is 11.1 Å². The Balaban J connectivity index is 2.78. The Bertz CT molecular complexity index is 354. The van der Waals surface area contributed by atoms with Crippen molar-refractivity contribution in [3.8, 4) is 5.75 Å². The minimum Gasteiger partial charge on any atom is -0.475 e. The Morgan fingerprint density at radius 3 is 2.43 bits per heavy atom. The number of carboxylic acids is 1. The van der Waals surface area contributed by atoms with Gasteiger partial charge in [0.2, 0.25) is 5.76 Å². The molecule has 0 amide bonds. The maximum atomic E-state index is 10.6. The third-order valence-electron chi connectivity index (χ3n) is 1.51. The van der Waals surface area contributed by atoms with Crippen LogP contribution in [0.25, 0.3) is 0 Å². The predicted octanol–water partition coefficient (Wildman–Crippen LogP) is 2.71. The van der Waals surface area contributed by atoms with Gasteiger partial charge in [-0.25, -0.2) is 4.79 Å². The van der Waals surface area contributed by atoms with Crippen molar-refractivity contribution in [2.75, 3.05) is 0 Å². The van der Waals surface area contributed by atoms with Gasteiger partial charge in [0.1, 0.15) is 5.75 Å². The lowest BCUT2D eigenvalue weighted by Crippen LogP contribution is -2.06. The SMILES string of the molecule is C/C=C(\Oc1ccc(Cl)cc1)C(=O)O. The second kappa shape index (κ2) is 4.67. The summed E-state index contributed by atoms with van der Waals surface area (Å²) in [7, 11) is 0. The number of allylic oxidation sites excluding steroid dienone is 1. The van der Waals surface area contributed by atoms with Crippen LogP contribution < -0.4 is 4.74 Å². The van der Waals surface area contributed by atoms with Crippen molar-refractivity contribution in [3.63, 3.8) is 0 Å². The number of halogens is 1. The molecule has 1 rings (SSSR count). The van der Waals surface area contributed by atoms with Crippen LogP contribution in [0.15, 0.2) is 36.1 Å². The molecule has 3 nitrogen and oxygen atoms in total. The van der Waals surface area contributed by atoms with E-state index in [1.807, 2.05) is 0 Å². The first kappa shape index (κ1) is 10.6. The maximum absolute atomic E-state index is 10.6. The van der Waals surface area contributed by atoms with Gasteiger partial charge in [0.15, 0.2) is 0 Å². The van der Waals surface area contributed by atoms with Crippen LogP contribution in [0, 0.1) is 0 Å². The van der Waals surface area contributed by atoms with E-state index >= 15 is 0 Å². The Labute approximate surface area is 86.6 Å². The second-order valence-electron chi connectivity index (χ2n) is 2.51. The van der Waals surface area contributed by atoms with Gasteiger partial charge in [0, 0.05) is 5.02 Å². The van der Waals surface area contributed by atoms with E-state index in [0.29, 0.717) is 10.8 Å². The monoisotopic (exact) mass is 212 g/mol. The van der Waals surface area contributed by atoms with Crippen molar-refractivity contribution >= 4 is 17.6 Å². The summed E-state index contributed by atoms with van der Waals surface area (Å²) in [6, 6.07) is 6.47. The van der Waals surface area contributed by atoms with Gasteiger partial charge in [0.25, 0.3) is 0 Å². The van der Waals surface area contributed by atoms with E-state index in [-0.39, 0.29) is 5.76 Å². The standard InChI is InChI=1S/C10H9ClO3/c1-2-9(10(12)13)14-8-5-3-7(11)4-6-8/h2-6H,1H3,(H,12,13)/b9-2-. The first-order valence-electron chi connectivity index (χ1n) is 3.96. The predicted molar refractivity (Wildman–Crippen MR) is 53.5 cm³/mol. The van der Waals surface area contributed by atoms with Gasteiger partial charge in [-0.1, -0.05) is 11.6 Å². The molecule has 74 valence electrons. The van der Waals surface area contributed by atoms with Crippen LogP contribution in [0.1, 0.15) is 6.92 Å². The zero-order chi connectivity index (χ0) is 10.6. The Morgan fingerprint density at radius 2 is 2.00 bits per heavy atom. The molecule has 14 heavy (non-hydrogen) atoms. The van der Waals surface area contributed by atoms with E-state index in [2.05, 4.69) is 0 Å². The molecule has 4 heteroatoms. The summed E-state index contributed by atoms with van der Waals surface area (Å²) in [5.74, 6) is -0.750. The first-order chi connectivity index (χ1) is 6.63. The minimum absolute atomic E-state index is 0.104. The average Bonchev–Trinajstić information content (AvgIpc) is 2.16. The summed E-state index contributed by atoms with van der Waals surface area (Å²) >= 11 is 5.66. The van der Waals surface area contributed by atoms with Gasteiger partial charge in [0.05, 0.1) is 0 Å². The molecule has 0 aliphatic carbocycles. The van der Waals surface area contributed by atoms with Crippen LogP contribution >= 0.6 is 11.6 Å². The molecule has 0 fully saturated rings. The van der Waals surface area contributed by atoms with Crippen LogP contribution in [0.2, 0.25) is 5.02 Å². The fourth-order valence-electron chi connectivity index (χ4n) is 0.856. The van der Waals surface area contributed by atoms with Gasteiger partial charge in [-0.05, 0) is 37.3 Å². The van der Waals surface area contributed by atoms with Crippen molar-refractivity contribution in [2.24, 2.45) is 0 Å². The minimum atomic E-state index is -1.09. The van der Waals surface area contributed by atoms with Gasteiger partial charge >= 0.3 is 5.97 Å². The Morgan fingerprint density at radius 1 is 1.43 bits per heavy atom. The van der Waals surface area contributed by atoms with Gasteiger partial charge < -0.3 is 9.84 Å². The molecule has 0 bridgehead atoms. The topological polar surface area (TPSA) is 46.5 Å². The Kier molecular flexibility index (Phi) is 3.54. The van der Waals surface area contributed by atoms with Crippen molar-refractivity contribution in [2.45, 2.75) is 6.92 Å². The molecule has 0 spiro atoms. The number of aliphatic carboxylic acids is 1. The van der Waals surface area contributed by atoms with Crippen molar-refractivity contribution in [1.82, 2.24) is 0 Å². The summed E-state index contributed by atoms with van der Waals surface area (Å²) in [5, 5.41) is 9.25. The highest BCUT2D eigenvalue weighted by Crippen LogP contribution is 2.17. The lowest BCUT2D eigenvalue weighted by molar-refractivity contribution is -0.135. The summed E-state index contributed by atoms with van der Waals surface area (Å²) in [6.45, 7) is 1.60. The molecule has 0 unspecified atom stereocenters. The summed E-state index contributed by atoms with van der Waals surface area (Å²) in [4.78, 5) is 10.6. The molecule has 1 aromatic rings. The van der Waals surface area contributed by atoms with Crippen LogP contribution in [-0.2, 0) is 4.79 Å². The van der Waals surface area contributed by atoms with Gasteiger partial charge in [-0.15, -0.1) is 0 Å². The summed E-state index contributed by atoms with van der Waals surface area (Å²) in [6.07, 6.45) is 1.39. The third-order valence-corrected chi connectivity index (χ3v) is 1.77. The number of carboxylic acid groups (broad SMARTS) is 1. The lowest BCUT2D eigenvalue weighted by atomic mass is 10.3. The molecule has 0 radical (unpaired) electrons. The number of benzene rings is 1. The highest BCUT2D eigenvalue weighted by atomic mass is 35.5. The molecule has 1 N–H and O–H groups in total. The van der Waals surface area contributed by atoms with E-state index in [0.717, 1.165) is 0 Å². The number of rotatable bonds is 3. The van der Waals surface area contributed by atoms with Gasteiger partial charge in [-0.3, -0.25) is 0 Å². The summed E-state index contributed by atoms with van der Waals surface area (Å²) < 4.78 is 5.08. The van der Waals surface area contributed by atoms with E-state index < -0.39 is 5.97 Å². The molecule has 0 aromatic heterocycles. The van der Waals surface area contributed by atoms with E-state index in [1.165, 1.54) is 6.08 Å². The largest absolute Gasteiger partial charge is 0.475 e. The number of ether oxygens (including phenoxy) is 1. The van der Waals surface area contributed by atoms with Crippen molar-refractivity contribution < 1.29 is 14.6 Å². The number of hydrogen-bond acceptors (Lipinski definition) is 2. The van der Waals surface area contributed by atoms with Crippen LogP contribution in [0.3, 0.4) is 0 Å². The second-order valence-corrected chi connectivity index (χ2v) is 2.95. The molecule has 0 saturated heterocycles. The third kappa shape index (κ3) is 2.78. The van der Waals surface area contributed by atoms with Crippen LogP contribution in [0.5, 0.6) is 5.75 Å². The molecule has 0 saturated carbocycles. The molecular formula is C10H9ClO3. The number of hydrogen-bond donors (Lipinski definition) is 1. The normalized spacial score (nSPS) is 11.1. The highest BCUT2D eigenvalue weighted by molar-refractivity contribution is 6.30. The average molecular weight is 213 g/mol.